The van der Waals surface area contributed by atoms with Gasteiger partial charge in [0.05, 0.1) is 16.0 Å². The van der Waals surface area contributed by atoms with Gasteiger partial charge in [0, 0.05) is 38.5 Å². The van der Waals surface area contributed by atoms with Crippen molar-refractivity contribution in [3.63, 3.8) is 0 Å². The van der Waals surface area contributed by atoms with Crippen molar-refractivity contribution >= 4 is 34.0 Å². The summed E-state index contributed by atoms with van der Waals surface area (Å²) in [7, 11) is 0. The van der Waals surface area contributed by atoms with Crippen LogP contribution in [0, 0.1) is 13.8 Å². The number of benzene rings is 1. The molecular formula is C22H21N5O2S. The van der Waals surface area contributed by atoms with Crippen LogP contribution in [0.25, 0.3) is 22.3 Å². The first kappa shape index (κ1) is 18.7. The SMILES string of the molecule is Cc1nc(-c2cc3cccc(C)c3nc2N2CCN(C(=O)c3cccs3)CC2)no1. The molecule has 0 saturated carbocycles. The van der Waals surface area contributed by atoms with Crippen LogP contribution in [0.1, 0.15) is 21.1 Å². The average Bonchev–Trinajstić information content (AvgIpc) is 3.45. The number of carbonyl (C=O) groups excluding carboxylic acids is 1. The van der Waals surface area contributed by atoms with Gasteiger partial charge in [0.25, 0.3) is 5.91 Å². The van der Waals surface area contributed by atoms with Gasteiger partial charge >= 0.3 is 0 Å². The van der Waals surface area contributed by atoms with E-state index in [0.717, 1.165) is 32.7 Å². The molecule has 1 fully saturated rings. The zero-order valence-corrected chi connectivity index (χ0v) is 17.6. The summed E-state index contributed by atoms with van der Waals surface area (Å²) in [4.78, 5) is 27.0. The highest BCUT2D eigenvalue weighted by molar-refractivity contribution is 7.12. The van der Waals surface area contributed by atoms with E-state index >= 15 is 0 Å². The van der Waals surface area contributed by atoms with Crippen LogP contribution in [0.3, 0.4) is 0 Å². The van der Waals surface area contributed by atoms with E-state index in [4.69, 9.17) is 9.51 Å². The summed E-state index contributed by atoms with van der Waals surface area (Å²) < 4.78 is 5.23. The number of fused-ring (bicyclic) bond motifs is 1. The molecular weight excluding hydrogens is 398 g/mol. The minimum absolute atomic E-state index is 0.0981. The lowest BCUT2D eigenvalue weighted by Gasteiger charge is -2.36. The molecule has 1 aliphatic rings. The summed E-state index contributed by atoms with van der Waals surface area (Å²) in [6.07, 6.45) is 0. The smallest absolute Gasteiger partial charge is 0.264 e. The Balaban J connectivity index is 1.49. The number of nitrogens with zero attached hydrogens (tertiary/aromatic N) is 5. The van der Waals surface area contributed by atoms with E-state index in [1.54, 1.807) is 6.92 Å². The molecule has 4 aromatic rings. The van der Waals surface area contributed by atoms with Crippen molar-refractivity contribution in [3.05, 3.63) is 58.1 Å². The number of amides is 1. The Hall–Kier alpha value is -3.26. The number of rotatable bonds is 3. The fourth-order valence-electron chi connectivity index (χ4n) is 3.83. The lowest BCUT2D eigenvalue weighted by molar-refractivity contribution is 0.0751. The Morgan fingerprint density at radius 1 is 1.07 bits per heavy atom. The molecule has 7 nitrogen and oxygen atoms in total. The van der Waals surface area contributed by atoms with E-state index < -0.39 is 0 Å². The molecule has 0 bridgehead atoms. The highest BCUT2D eigenvalue weighted by atomic mass is 32.1. The molecule has 4 heterocycles. The molecule has 0 radical (unpaired) electrons. The number of carbonyl (C=O) groups is 1. The molecule has 3 aromatic heterocycles. The van der Waals surface area contributed by atoms with E-state index in [1.165, 1.54) is 11.3 Å². The fourth-order valence-corrected chi connectivity index (χ4v) is 4.52. The Labute approximate surface area is 178 Å². The number of thiophene rings is 1. The second-order valence-corrected chi connectivity index (χ2v) is 8.35. The molecule has 1 saturated heterocycles. The van der Waals surface area contributed by atoms with Crippen molar-refractivity contribution in [1.82, 2.24) is 20.0 Å². The third-order valence-electron chi connectivity index (χ3n) is 5.39. The summed E-state index contributed by atoms with van der Waals surface area (Å²) >= 11 is 1.48. The normalized spacial score (nSPS) is 14.5. The topological polar surface area (TPSA) is 75.4 Å². The third kappa shape index (κ3) is 3.33. The molecule has 152 valence electrons. The van der Waals surface area contributed by atoms with Gasteiger partial charge in [-0.3, -0.25) is 4.79 Å². The third-order valence-corrected chi connectivity index (χ3v) is 6.25. The van der Waals surface area contributed by atoms with Crippen LogP contribution in [0.4, 0.5) is 5.82 Å². The predicted molar refractivity (Wildman–Crippen MR) is 117 cm³/mol. The van der Waals surface area contributed by atoms with Crippen LogP contribution in [0.5, 0.6) is 0 Å². The minimum atomic E-state index is 0.0981. The average molecular weight is 420 g/mol. The summed E-state index contributed by atoms with van der Waals surface area (Å²) in [5.41, 5.74) is 2.94. The lowest BCUT2D eigenvalue weighted by atomic mass is 10.1. The van der Waals surface area contributed by atoms with Crippen LogP contribution < -0.4 is 4.90 Å². The second kappa shape index (κ2) is 7.53. The van der Waals surface area contributed by atoms with E-state index in [0.29, 0.717) is 37.9 Å². The van der Waals surface area contributed by atoms with Crippen molar-refractivity contribution < 1.29 is 9.32 Å². The summed E-state index contributed by atoms with van der Waals surface area (Å²) in [6, 6.07) is 12.0. The van der Waals surface area contributed by atoms with E-state index in [2.05, 4.69) is 34.1 Å². The van der Waals surface area contributed by atoms with Gasteiger partial charge in [-0.05, 0) is 30.0 Å². The van der Waals surface area contributed by atoms with Gasteiger partial charge in [-0.1, -0.05) is 29.4 Å². The van der Waals surface area contributed by atoms with Gasteiger partial charge in [0.1, 0.15) is 5.82 Å². The van der Waals surface area contributed by atoms with Crippen LogP contribution in [-0.4, -0.2) is 52.1 Å². The van der Waals surface area contributed by atoms with Crippen molar-refractivity contribution in [2.45, 2.75) is 13.8 Å². The van der Waals surface area contributed by atoms with Crippen molar-refractivity contribution in [2.24, 2.45) is 0 Å². The molecule has 0 unspecified atom stereocenters. The molecule has 1 amide bonds. The molecule has 0 spiro atoms. The highest BCUT2D eigenvalue weighted by Gasteiger charge is 2.26. The molecule has 0 N–H and O–H groups in total. The quantitative estimate of drug-likeness (QED) is 0.501. The zero-order valence-electron chi connectivity index (χ0n) is 16.8. The monoisotopic (exact) mass is 419 g/mol. The number of hydrogen-bond donors (Lipinski definition) is 0. The van der Waals surface area contributed by atoms with Crippen LogP contribution in [0.2, 0.25) is 0 Å². The first-order chi connectivity index (χ1) is 14.6. The standard InChI is InChI=1S/C22H21N5O2S/c1-14-5-3-6-16-13-17(20-23-15(2)29-25-20)21(24-19(14)16)26-8-10-27(11-9-26)22(28)18-7-4-12-30-18/h3-7,12-13H,8-11H2,1-2H3. The van der Waals surface area contributed by atoms with Gasteiger partial charge in [-0.2, -0.15) is 4.98 Å². The van der Waals surface area contributed by atoms with E-state index in [-0.39, 0.29) is 5.91 Å². The van der Waals surface area contributed by atoms with Gasteiger partial charge in [-0.25, -0.2) is 4.98 Å². The molecule has 0 atom stereocenters. The molecule has 8 heteroatoms. The van der Waals surface area contributed by atoms with Crippen LogP contribution in [0.15, 0.2) is 46.3 Å². The second-order valence-electron chi connectivity index (χ2n) is 7.40. The maximum atomic E-state index is 12.7. The molecule has 0 aliphatic carbocycles. The summed E-state index contributed by atoms with van der Waals surface area (Å²) in [5, 5.41) is 7.11. The number of para-hydroxylation sites is 1. The minimum Gasteiger partial charge on any atom is -0.352 e. The van der Waals surface area contributed by atoms with Crippen molar-refractivity contribution in [1.29, 1.82) is 0 Å². The maximum absolute atomic E-state index is 12.7. The van der Waals surface area contributed by atoms with E-state index in [9.17, 15) is 4.79 Å². The Morgan fingerprint density at radius 3 is 2.60 bits per heavy atom. The molecule has 5 rings (SSSR count). The number of anilines is 1. The Morgan fingerprint density at radius 2 is 1.90 bits per heavy atom. The zero-order chi connectivity index (χ0) is 20.7. The molecule has 1 aromatic carbocycles. The van der Waals surface area contributed by atoms with Crippen LogP contribution >= 0.6 is 11.3 Å². The van der Waals surface area contributed by atoms with E-state index in [1.807, 2.05) is 34.5 Å². The summed E-state index contributed by atoms with van der Waals surface area (Å²) in [6.45, 7) is 6.54. The van der Waals surface area contributed by atoms with Crippen molar-refractivity contribution in [2.75, 3.05) is 31.1 Å². The van der Waals surface area contributed by atoms with Gasteiger partial charge in [0.15, 0.2) is 0 Å². The summed E-state index contributed by atoms with van der Waals surface area (Å²) in [5.74, 6) is 1.99. The molecule has 1 aliphatic heterocycles. The largest absolute Gasteiger partial charge is 0.352 e. The van der Waals surface area contributed by atoms with Gasteiger partial charge in [-0.15, -0.1) is 11.3 Å². The van der Waals surface area contributed by atoms with Crippen molar-refractivity contribution in [3.8, 4) is 11.4 Å². The number of hydrogen-bond acceptors (Lipinski definition) is 7. The van der Waals surface area contributed by atoms with Gasteiger partial charge < -0.3 is 14.3 Å². The lowest BCUT2D eigenvalue weighted by Crippen LogP contribution is -2.49. The highest BCUT2D eigenvalue weighted by Crippen LogP contribution is 2.32. The maximum Gasteiger partial charge on any atom is 0.264 e. The number of piperazine rings is 1. The molecule has 30 heavy (non-hydrogen) atoms. The predicted octanol–water partition coefficient (Wildman–Crippen LogP) is 3.93. The Bertz CT molecular complexity index is 1210. The Kier molecular flexibility index (Phi) is 4.71. The van der Waals surface area contributed by atoms with Crippen LogP contribution in [-0.2, 0) is 0 Å². The first-order valence-corrected chi connectivity index (χ1v) is 10.8. The van der Waals surface area contributed by atoms with Gasteiger partial charge in [0.2, 0.25) is 11.7 Å². The number of pyridine rings is 1. The fraction of sp³-hybridized carbons (Fsp3) is 0.273. The number of aryl methyl sites for hydroxylation is 2. The number of aromatic nitrogens is 3. The first-order valence-electron chi connectivity index (χ1n) is 9.89.